The second-order valence-electron chi connectivity index (χ2n) is 4.42. The molecule has 0 aliphatic heterocycles. The quantitative estimate of drug-likeness (QED) is 0.900. The SMILES string of the molecule is CNc1cnccc1C(=O)NC(C)c1ccc(F)cc1. The maximum atomic E-state index is 12.9. The minimum Gasteiger partial charge on any atom is -0.386 e. The van der Waals surface area contributed by atoms with E-state index in [0.29, 0.717) is 11.3 Å². The molecule has 2 aromatic rings. The molecule has 0 fully saturated rings. The van der Waals surface area contributed by atoms with Crippen LogP contribution in [0.4, 0.5) is 10.1 Å². The second kappa shape index (κ2) is 6.14. The van der Waals surface area contributed by atoms with Gasteiger partial charge in [-0.3, -0.25) is 9.78 Å². The van der Waals surface area contributed by atoms with Crippen molar-refractivity contribution in [3.63, 3.8) is 0 Å². The van der Waals surface area contributed by atoms with Crippen LogP contribution in [-0.2, 0) is 0 Å². The van der Waals surface area contributed by atoms with Gasteiger partial charge in [-0.25, -0.2) is 4.39 Å². The number of rotatable bonds is 4. The fourth-order valence-corrected chi connectivity index (χ4v) is 1.90. The first-order valence-electron chi connectivity index (χ1n) is 6.30. The van der Waals surface area contributed by atoms with Crippen LogP contribution in [0, 0.1) is 5.82 Å². The van der Waals surface area contributed by atoms with Gasteiger partial charge in [0.1, 0.15) is 5.82 Å². The Kier molecular flexibility index (Phi) is 4.30. The molecule has 1 heterocycles. The summed E-state index contributed by atoms with van der Waals surface area (Å²) in [6, 6.07) is 7.52. The lowest BCUT2D eigenvalue weighted by Gasteiger charge is -2.15. The van der Waals surface area contributed by atoms with Crippen molar-refractivity contribution < 1.29 is 9.18 Å². The summed E-state index contributed by atoms with van der Waals surface area (Å²) < 4.78 is 12.9. The van der Waals surface area contributed by atoms with Gasteiger partial charge >= 0.3 is 0 Å². The van der Waals surface area contributed by atoms with Crippen LogP contribution in [0.25, 0.3) is 0 Å². The molecule has 4 nitrogen and oxygen atoms in total. The Morgan fingerprint density at radius 1 is 1.25 bits per heavy atom. The van der Waals surface area contributed by atoms with E-state index in [0.717, 1.165) is 5.56 Å². The van der Waals surface area contributed by atoms with E-state index in [9.17, 15) is 9.18 Å². The van der Waals surface area contributed by atoms with Gasteiger partial charge in [0.2, 0.25) is 0 Å². The summed E-state index contributed by atoms with van der Waals surface area (Å²) in [6.45, 7) is 1.85. The number of pyridine rings is 1. The zero-order chi connectivity index (χ0) is 14.5. The van der Waals surface area contributed by atoms with Crippen LogP contribution in [0.3, 0.4) is 0 Å². The van der Waals surface area contributed by atoms with Crippen molar-refractivity contribution >= 4 is 11.6 Å². The van der Waals surface area contributed by atoms with Crippen molar-refractivity contribution in [3.8, 4) is 0 Å². The standard InChI is InChI=1S/C15H16FN3O/c1-10(11-3-5-12(16)6-4-11)19-15(20)13-7-8-18-9-14(13)17-2/h3-10,17H,1-2H3,(H,19,20). The van der Waals surface area contributed by atoms with Crippen LogP contribution in [0.15, 0.2) is 42.7 Å². The fraction of sp³-hybridized carbons (Fsp3) is 0.200. The number of carbonyl (C=O) groups is 1. The first-order valence-corrected chi connectivity index (χ1v) is 6.30. The molecule has 0 spiro atoms. The van der Waals surface area contributed by atoms with E-state index in [2.05, 4.69) is 15.6 Å². The van der Waals surface area contributed by atoms with Crippen molar-refractivity contribution in [2.24, 2.45) is 0 Å². The number of hydrogen-bond donors (Lipinski definition) is 2. The summed E-state index contributed by atoms with van der Waals surface area (Å²) in [7, 11) is 1.73. The topological polar surface area (TPSA) is 54.0 Å². The highest BCUT2D eigenvalue weighted by molar-refractivity contribution is 5.99. The molecular formula is C15H16FN3O. The Bertz CT molecular complexity index is 598. The highest BCUT2D eigenvalue weighted by atomic mass is 19.1. The van der Waals surface area contributed by atoms with Gasteiger partial charge in [-0.05, 0) is 30.7 Å². The molecule has 0 aliphatic carbocycles. The molecule has 2 N–H and O–H groups in total. The van der Waals surface area contributed by atoms with Crippen molar-refractivity contribution in [2.75, 3.05) is 12.4 Å². The summed E-state index contributed by atoms with van der Waals surface area (Å²) in [6.07, 6.45) is 3.16. The van der Waals surface area contributed by atoms with Crippen molar-refractivity contribution in [1.29, 1.82) is 0 Å². The molecule has 104 valence electrons. The highest BCUT2D eigenvalue weighted by Gasteiger charge is 2.14. The fourth-order valence-electron chi connectivity index (χ4n) is 1.90. The van der Waals surface area contributed by atoms with Gasteiger partial charge in [0.05, 0.1) is 23.5 Å². The Morgan fingerprint density at radius 2 is 1.95 bits per heavy atom. The zero-order valence-electron chi connectivity index (χ0n) is 11.4. The van der Waals surface area contributed by atoms with E-state index in [1.807, 2.05) is 6.92 Å². The van der Waals surface area contributed by atoms with Gasteiger partial charge in [-0.1, -0.05) is 12.1 Å². The molecule has 1 atom stereocenters. The summed E-state index contributed by atoms with van der Waals surface area (Å²) in [5.41, 5.74) is 2.03. The smallest absolute Gasteiger partial charge is 0.253 e. The maximum absolute atomic E-state index is 12.9. The number of halogens is 1. The predicted molar refractivity (Wildman–Crippen MR) is 76.1 cm³/mol. The third-order valence-electron chi connectivity index (χ3n) is 3.05. The van der Waals surface area contributed by atoms with Gasteiger partial charge in [0.25, 0.3) is 5.91 Å². The molecule has 20 heavy (non-hydrogen) atoms. The number of nitrogens with zero attached hydrogens (tertiary/aromatic N) is 1. The molecule has 0 radical (unpaired) electrons. The molecule has 0 saturated carbocycles. The van der Waals surface area contributed by atoms with Crippen molar-refractivity contribution in [3.05, 3.63) is 59.7 Å². The van der Waals surface area contributed by atoms with Crippen molar-refractivity contribution in [1.82, 2.24) is 10.3 Å². The Balaban J connectivity index is 2.13. The zero-order valence-corrected chi connectivity index (χ0v) is 11.4. The van der Waals surface area contributed by atoms with Gasteiger partial charge < -0.3 is 10.6 Å². The molecule has 0 bridgehead atoms. The van der Waals surface area contributed by atoms with E-state index in [4.69, 9.17) is 0 Å². The molecule has 5 heteroatoms. The molecule has 1 amide bonds. The number of nitrogens with one attached hydrogen (secondary N) is 2. The maximum Gasteiger partial charge on any atom is 0.253 e. The molecule has 0 saturated heterocycles. The second-order valence-corrected chi connectivity index (χ2v) is 4.42. The van der Waals surface area contributed by atoms with Crippen LogP contribution in [0.1, 0.15) is 28.9 Å². The van der Waals surface area contributed by atoms with Crippen molar-refractivity contribution in [2.45, 2.75) is 13.0 Å². The predicted octanol–water partition coefficient (Wildman–Crippen LogP) is 2.75. The van der Waals surface area contributed by atoms with Crippen LogP contribution in [0.5, 0.6) is 0 Å². The number of benzene rings is 1. The normalized spacial score (nSPS) is 11.8. The average Bonchev–Trinajstić information content (AvgIpc) is 2.47. The monoisotopic (exact) mass is 273 g/mol. The number of carbonyl (C=O) groups excluding carboxylic acids is 1. The van der Waals surface area contributed by atoms with E-state index >= 15 is 0 Å². The van der Waals surface area contributed by atoms with Crippen LogP contribution in [-0.4, -0.2) is 17.9 Å². The lowest BCUT2D eigenvalue weighted by atomic mass is 10.1. The Labute approximate surface area is 117 Å². The average molecular weight is 273 g/mol. The first kappa shape index (κ1) is 14.0. The van der Waals surface area contributed by atoms with Gasteiger partial charge in [-0.15, -0.1) is 0 Å². The highest BCUT2D eigenvalue weighted by Crippen LogP contribution is 2.16. The largest absolute Gasteiger partial charge is 0.386 e. The lowest BCUT2D eigenvalue weighted by Crippen LogP contribution is -2.27. The van der Waals surface area contributed by atoms with Crippen LogP contribution >= 0.6 is 0 Å². The van der Waals surface area contributed by atoms with Gasteiger partial charge in [0.15, 0.2) is 0 Å². The summed E-state index contributed by atoms with van der Waals surface area (Å²) in [4.78, 5) is 16.2. The number of anilines is 1. The third kappa shape index (κ3) is 3.12. The van der Waals surface area contributed by atoms with E-state index in [1.54, 1.807) is 37.6 Å². The number of hydrogen-bond acceptors (Lipinski definition) is 3. The third-order valence-corrected chi connectivity index (χ3v) is 3.05. The van der Waals surface area contributed by atoms with E-state index in [1.165, 1.54) is 12.1 Å². The minimum atomic E-state index is -0.293. The summed E-state index contributed by atoms with van der Waals surface area (Å²) in [5.74, 6) is -0.493. The lowest BCUT2D eigenvalue weighted by molar-refractivity contribution is 0.0940. The summed E-state index contributed by atoms with van der Waals surface area (Å²) in [5, 5.41) is 5.80. The first-order chi connectivity index (χ1) is 9.61. The van der Waals surface area contributed by atoms with Gasteiger partial charge in [0, 0.05) is 13.2 Å². The molecule has 0 aliphatic rings. The summed E-state index contributed by atoms with van der Waals surface area (Å²) >= 11 is 0. The van der Waals surface area contributed by atoms with E-state index in [-0.39, 0.29) is 17.8 Å². The molecule has 2 rings (SSSR count). The number of aromatic nitrogens is 1. The van der Waals surface area contributed by atoms with Crippen LogP contribution < -0.4 is 10.6 Å². The van der Waals surface area contributed by atoms with E-state index < -0.39 is 0 Å². The molecular weight excluding hydrogens is 257 g/mol. The Morgan fingerprint density at radius 3 is 2.60 bits per heavy atom. The molecule has 1 unspecified atom stereocenters. The minimum absolute atomic E-state index is 0.200. The van der Waals surface area contributed by atoms with Crippen LogP contribution in [0.2, 0.25) is 0 Å². The Hall–Kier alpha value is -2.43. The number of amides is 1. The molecule has 1 aromatic carbocycles. The van der Waals surface area contributed by atoms with Gasteiger partial charge in [-0.2, -0.15) is 0 Å². The molecule has 1 aromatic heterocycles.